The molecule has 1 atom stereocenters. The van der Waals surface area contributed by atoms with Crippen LogP contribution in [-0.4, -0.2) is 65.9 Å². The fourth-order valence-electron chi connectivity index (χ4n) is 4.53. The van der Waals surface area contributed by atoms with Crippen molar-refractivity contribution in [2.24, 2.45) is 0 Å². The molecular formula is C27H29N3O7S2. The first-order chi connectivity index (χ1) is 18.8. The van der Waals surface area contributed by atoms with E-state index in [2.05, 4.69) is 5.32 Å². The molecule has 0 spiro atoms. The molecule has 0 saturated carbocycles. The number of nitrogens with one attached hydrogen (secondary N) is 1. The molecule has 1 N–H and O–H groups in total. The van der Waals surface area contributed by atoms with Crippen LogP contribution in [0.15, 0.2) is 88.7 Å². The van der Waals surface area contributed by atoms with Gasteiger partial charge in [0.25, 0.3) is 15.9 Å². The van der Waals surface area contributed by atoms with Gasteiger partial charge in [0.2, 0.25) is 10.0 Å². The summed E-state index contributed by atoms with van der Waals surface area (Å²) in [6, 6.07) is 20.9. The van der Waals surface area contributed by atoms with E-state index in [1.54, 1.807) is 54.6 Å². The van der Waals surface area contributed by atoms with Crippen molar-refractivity contribution in [3.8, 4) is 11.5 Å². The molecule has 3 aromatic carbocycles. The Morgan fingerprint density at radius 2 is 1.49 bits per heavy atom. The highest BCUT2D eigenvalue weighted by Gasteiger charge is 2.37. The first-order valence-electron chi connectivity index (χ1n) is 12.6. The molecule has 0 bridgehead atoms. The van der Waals surface area contributed by atoms with Gasteiger partial charge in [-0.15, -0.1) is 0 Å². The second-order valence-corrected chi connectivity index (χ2v) is 12.9. The van der Waals surface area contributed by atoms with E-state index < -0.39 is 32.1 Å². The lowest BCUT2D eigenvalue weighted by molar-refractivity contribution is -0.127. The van der Waals surface area contributed by atoms with Crippen LogP contribution in [0.1, 0.15) is 12.8 Å². The van der Waals surface area contributed by atoms with Crippen molar-refractivity contribution in [1.82, 2.24) is 9.62 Å². The lowest BCUT2D eigenvalue weighted by atomic mass is 10.2. The molecule has 1 amide bonds. The molecule has 0 radical (unpaired) electrons. The summed E-state index contributed by atoms with van der Waals surface area (Å²) in [6.07, 6.45) is 0.671. The summed E-state index contributed by atoms with van der Waals surface area (Å²) in [5.41, 5.74) is 0.365. The van der Waals surface area contributed by atoms with Crippen LogP contribution in [0.2, 0.25) is 0 Å². The van der Waals surface area contributed by atoms with Crippen molar-refractivity contribution in [3.63, 3.8) is 0 Å². The van der Waals surface area contributed by atoms with Crippen molar-refractivity contribution in [2.45, 2.75) is 28.7 Å². The molecule has 1 fully saturated rings. The van der Waals surface area contributed by atoms with E-state index in [0.717, 1.165) is 12.8 Å². The lowest BCUT2D eigenvalue weighted by Gasteiger charge is -2.34. The number of para-hydroxylation sites is 2. The van der Waals surface area contributed by atoms with Gasteiger partial charge in [-0.1, -0.05) is 30.3 Å². The number of carbonyl (C=O) groups excluding carboxylic acids is 1. The fraction of sp³-hybridized carbons (Fsp3) is 0.296. The summed E-state index contributed by atoms with van der Waals surface area (Å²) in [5, 5.41) is 2.72. The zero-order chi connectivity index (χ0) is 27.5. The Labute approximate surface area is 228 Å². The number of anilines is 1. The summed E-state index contributed by atoms with van der Waals surface area (Å²) in [5.74, 6) is 0.282. The minimum absolute atomic E-state index is 0.119. The third-order valence-electron chi connectivity index (χ3n) is 6.56. The Kier molecular flexibility index (Phi) is 7.78. The van der Waals surface area contributed by atoms with Crippen molar-refractivity contribution < 1.29 is 31.1 Å². The molecule has 10 nitrogen and oxygen atoms in total. The number of fused-ring (bicyclic) bond motifs is 1. The van der Waals surface area contributed by atoms with E-state index in [1.165, 1.54) is 32.9 Å². The zero-order valence-corrected chi connectivity index (χ0v) is 22.7. The lowest BCUT2D eigenvalue weighted by Crippen LogP contribution is -2.51. The molecule has 2 aliphatic rings. The smallest absolute Gasteiger partial charge is 0.264 e. The van der Waals surface area contributed by atoms with Crippen LogP contribution in [0, 0.1) is 0 Å². The fourth-order valence-corrected chi connectivity index (χ4v) is 7.54. The Balaban J connectivity index is 1.18. The highest BCUT2D eigenvalue weighted by molar-refractivity contribution is 7.92. The molecule has 206 valence electrons. The van der Waals surface area contributed by atoms with Crippen LogP contribution >= 0.6 is 0 Å². The standard InChI is InChI=1S/C27H29N3O7S2/c31-27(28-16-19-36-21-12-14-23(15-13-21)38(32,33)29-17-6-7-18-29)26-20-30(24-10-4-5-11-25(24)37-26)39(34,35)22-8-2-1-3-9-22/h1-5,8-15,26H,6-7,16-20H2,(H,28,31). The SMILES string of the molecule is O=C(NCCOc1ccc(S(=O)(=O)N2CCCC2)cc1)C1CN(S(=O)(=O)c2ccccc2)c2ccccc2O1. The van der Waals surface area contributed by atoms with E-state index >= 15 is 0 Å². The van der Waals surface area contributed by atoms with Crippen molar-refractivity contribution >= 4 is 31.6 Å². The number of hydrogen-bond acceptors (Lipinski definition) is 7. The molecule has 0 aliphatic carbocycles. The Morgan fingerprint density at radius 1 is 0.846 bits per heavy atom. The quantitative estimate of drug-likeness (QED) is 0.392. The van der Waals surface area contributed by atoms with E-state index in [0.29, 0.717) is 30.3 Å². The summed E-state index contributed by atoms with van der Waals surface area (Å²) < 4.78 is 66.2. The van der Waals surface area contributed by atoms with Crippen LogP contribution in [0.3, 0.4) is 0 Å². The van der Waals surface area contributed by atoms with Crippen LogP contribution < -0.4 is 19.1 Å². The topological polar surface area (TPSA) is 122 Å². The highest BCUT2D eigenvalue weighted by Crippen LogP contribution is 2.36. The minimum Gasteiger partial charge on any atom is -0.492 e. The Morgan fingerprint density at radius 3 is 2.21 bits per heavy atom. The number of rotatable bonds is 9. The van der Waals surface area contributed by atoms with Crippen LogP contribution in [0.5, 0.6) is 11.5 Å². The van der Waals surface area contributed by atoms with E-state index in [-0.39, 0.29) is 29.5 Å². The van der Waals surface area contributed by atoms with Gasteiger partial charge in [-0.3, -0.25) is 9.10 Å². The molecule has 0 aromatic heterocycles. The number of benzene rings is 3. The molecule has 2 heterocycles. The van der Waals surface area contributed by atoms with Gasteiger partial charge in [-0.05, 0) is 61.4 Å². The van der Waals surface area contributed by atoms with E-state index in [1.807, 2.05) is 0 Å². The van der Waals surface area contributed by atoms with Crippen molar-refractivity contribution in [3.05, 3.63) is 78.9 Å². The monoisotopic (exact) mass is 571 g/mol. The largest absolute Gasteiger partial charge is 0.492 e. The summed E-state index contributed by atoms with van der Waals surface area (Å²) in [4.78, 5) is 13.3. The third-order valence-corrected chi connectivity index (χ3v) is 10.3. The minimum atomic E-state index is -3.92. The average molecular weight is 572 g/mol. The van der Waals surface area contributed by atoms with Crippen LogP contribution in [-0.2, 0) is 24.8 Å². The third kappa shape index (κ3) is 5.72. The van der Waals surface area contributed by atoms with Gasteiger partial charge in [-0.25, -0.2) is 16.8 Å². The molecule has 5 rings (SSSR count). The van der Waals surface area contributed by atoms with E-state index in [4.69, 9.17) is 9.47 Å². The molecule has 12 heteroatoms. The predicted octanol–water partition coefficient (Wildman–Crippen LogP) is 2.62. The van der Waals surface area contributed by atoms with Crippen LogP contribution in [0.25, 0.3) is 0 Å². The average Bonchev–Trinajstić information content (AvgIpc) is 3.52. The number of carbonyl (C=O) groups is 1. The predicted molar refractivity (Wildman–Crippen MR) is 145 cm³/mol. The maximum Gasteiger partial charge on any atom is 0.264 e. The van der Waals surface area contributed by atoms with Crippen molar-refractivity contribution in [2.75, 3.05) is 37.1 Å². The summed E-state index contributed by atoms with van der Waals surface area (Å²) in [6.45, 7) is 1.14. The van der Waals surface area contributed by atoms with Gasteiger partial charge >= 0.3 is 0 Å². The first-order valence-corrected chi connectivity index (χ1v) is 15.5. The van der Waals surface area contributed by atoms with Crippen molar-refractivity contribution in [1.29, 1.82) is 0 Å². The van der Waals surface area contributed by atoms with Gasteiger partial charge in [0.05, 0.1) is 28.6 Å². The molecule has 39 heavy (non-hydrogen) atoms. The normalized spacial score (nSPS) is 17.7. The number of hydrogen-bond donors (Lipinski definition) is 1. The van der Waals surface area contributed by atoms with Gasteiger partial charge in [0.15, 0.2) is 6.10 Å². The first kappa shape index (κ1) is 27.0. The zero-order valence-electron chi connectivity index (χ0n) is 21.1. The second-order valence-electron chi connectivity index (χ2n) is 9.15. The number of ether oxygens (including phenoxy) is 2. The van der Waals surface area contributed by atoms with Crippen LogP contribution in [0.4, 0.5) is 5.69 Å². The highest BCUT2D eigenvalue weighted by atomic mass is 32.2. The molecular weight excluding hydrogens is 542 g/mol. The number of sulfonamides is 2. The Bertz CT molecular complexity index is 1520. The van der Waals surface area contributed by atoms with Gasteiger partial charge in [0, 0.05) is 13.1 Å². The summed E-state index contributed by atoms with van der Waals surface area (Å²) >= 11 is 0. The van der Waals surface area contributed by atoms with Gasteiger partial charge in [-0.2, -0.15) is 4.31 Å². The molecule has 3 aromatic rings. The molecule has 1 saturated heterocycles. The second kappa shape index (κ2) is 11.2. The maximum absolute atomic E-state index is 13.4. The molecule has 1 unspecified atom stereocenters. The molecule has 2 aliphatic heterocycles. The summed E-state index contributed by atoms with van der Waals surface area (Å²) in [7, 11) is -7.42. The maximum atomic E-state index is 13.4. The number of nitrogens with zero attached hydrogens (tertiary/aromatic N) is 2. The van der Waals surface area contributed by atoms with Gasteiger partial charge in [0.1, 0.15) is 18.1 Å². The van der Waals surface area contributed by atoms with E-state index in [9.17, 15) is 21.6 Å². The Hall–Kier alpha value is -3.61. The number of amides is 1. The van der Waals surface area contributed by atoms with Gasteiger partial charge < -0.3 is 14.8 Å².